The molecule has 0 aliphatic heterocycles. The lowest BCUT2D eigenvalue weighted by atomic mass is 9.88. The molecule has 2 nitrogen and oxygen atoms in total. The van der Waals surface area contributed by atoms with Gasteiger partial charge in [0.15, 0.2) is 0 Å². The molecule has 0 amide bonds. The monoisotopic (exact) mass is 203 g/mol. The largest absolute Gasteiger partial charge is 0.395 e. The van der Waals surface area contributed by atoms with Gasteiger partial charge in [-0.3, -0.25) is 0 Å². The molecule has 1 aliphatic carbocycles. The van der Waals surface area contributed by atoms with Gasteiger partial charge in [0.25, 0.3) is 0 Å². The van der Waals surface area contributed by atoms with Crippen molar-refractivity contribution in [3.05, 3.63) is 0 Å². The fraction of sp³-hybridized carbons (Fsp3) is 1.00. The fourth-order valence-electron chi connectivity index (χ4n) is 2.12. The maximum atomic E-state index is 8.78. The Labute approximate surface area is 86.7 Å². The van der Waals surface area contributed by atoms with Crippen molar-refractivity contribution in [3.63, 3.8) is 0 Å². The Morgan fingerprint density at radius 1 is 1.31 bits per heavy atom. The average Bonchev–Trinajstić information content (AvgIpc) is 2.04. The average molecular weight is 203 g/mol. The summed E-state index contributed by atoms with van der Waals surface area (Å²) in [6.07, 6.45) is 6.46. The van der Waals surface area contributed by atoms with Crippen LogP contribution >= 0.6 is 12.6 Å². The number of hydrogen-bond donors (Lipinski definition) is 2. The highest BCUT2D eigenvalue weighted by Crippen LogP contribution is 2.34. The summed E-state index contributed by atoms with van der Waals surface area (Å²) in [6, 6.07) is 0. The zero-order valence-electron chi connectivity index (χ0n) is 8.50. The number of aliphatic hydroxyl groups is 1. The molecule has 0 aromatic rings. The minimum absolute atomic E-state index is 0.210. The van der Waals surface area contributed by atoms with Gasteiger partial charge in [-0.1, -0.05) is 19.3 Å². The third kappa shape index (κ3) is 3.88. The Hall–Kier alpha value is 0.270. The van der Waals surface area contributed by atoms with Crippen LogP contribution in [0.15, 0.2) is 0 Å². The first-order valence-corrected chi connectivity index (χ1v) is 5.63. The molecule has 3 heteroatoms. The zero-order valence-corrected chi connectivity index (χ0v) is 9.39. The third-order valence-corrected chi connectivity index (χ3v) is 3.42. The van der Waals surface area contributed by atoms with Crippen molar-refractivity contribution in [1.82, 2.24) is 4.90 Å². The van der Waals surface area contributed by atoms with Crippen LogP contribution < -0.4 is 0 Å². The second-order valence-electron chi connectivity index (χ2n) is 4.25. The highest BCUT2D eigenvalue weighted by molar-refractivity contribution is 7.81. The van der Waals surface area contributed by atoms with Crippen molar-refractivity contribution >= 4 is 12.6 Å². The van der Waals surface area contributed by atoms with E-state index >= 15 is 0 Å². The molecule has 1 aliphatic rings. The van der Waals surface area contributed by atoms with Crippen LogP contribution in [-0.2, 0) is 0 Å². The molecule has 0 radical (unpaired) electrons. The van der Waals surface area contributed by atoms with E-state index in [1.165, 1.54) is 32.1 Å². The van der Waals surface area contributed by atoms with Crippen molar-refractivity contribution < 1.29 is 5.11 Å². The summed E-state index contributed by atoms with van der Waals surface area (Å²) in [7, 11) is 2.06. The Morgan fingerprint density at radius 3 is 2.46 bits per heavy atom. The minimum Gasteiger partial charge on any atom is -0.395 e. The summed E-state index contributed by atoms with van der Waals surface area (Å²) in [5.41, 5.74) is 0. The van der Waals surface area contributed by atoms with Gasteiger partial charge < -0.3 is 10.0 Å². The molecule has 13 heavy (non-hydrogen) atoms. The summed E-state index contributed by atoms with van der Waals surface area (Å²) >= 11 is 4.76. The van der Waals surface area contributed by atoms with E-state index in [1.807, 2.05) is 0 Å². The number of thiol groups is 1. The molecule has 78 valence electrons. The van der Waals surface area contributed by atoms with E-state index < -0.39 is 0 Å². The van der Waals surface area contributed by atoms with Crippen LogP contribution in [0.3, 0.4) is 0 Å². The number of aliphatic hydroxyl groups excluding tert-OH is 1. The molecule has 0 unspecified atom stereocenters. The molecule has 0 spiro atoms. The van der Waals surface area contributed by atoms with Gasteiger partial charge in [0.2, 0.25) is 0 Å². The van der Waals surface area contributed by atoms with Crippen molar-refractivity contribution in [3.8, 4) is 0 Å². The predicted molar refractivity (Wildman–Crippen MR) is 59.4 cm³/mol. The van der Waals surface area contributed by atoms with E-state index in [4.69, 9.17) is 17.7 Å². The molecule has 0 heterocycles. The highest BCUT2D eigenvalue weighted by atomic mass is 32.1. The van der Waals surface area contributed by atoms with E-state index in [9.17, 15) is 0 Å². The smallest absolute Gasteiger partial charge is 0.0558 e. The van der Waals surface area contributed by atoms with E-state index in [0.717, 1.165) is 13.1 Å². The summed E-state index contributed by atoms with van der Waals surface area (Å²) < 4.78 is 0.210. The Morgan fingerprint density at radius 2 is 1.92 bits per heavy atom. The molecule has 0 aromatic heterocycles. The molecule has 1 rings (SSSR count). The quantitative estimate of drug-likeness (QED) is 0.677. The Kier molecular flexibility index (Phi) is 4.56. The fourth-order valence-corrected chi connectivity index (χ4v) is 2.68. The summed E-state index contributed by atoms with van der Waals surface area (Å²) in [5.74, 6) is 0. The van der Waals surface area contributed by atoms with Gasteiger partial charge in [-0.15, -0.1) is 0 Å². The first-order chi connectivity index (χ1) is 6.16. The molecule has 0 saturated heterocycles. The number of rotatable bonds is 4. The molecule has 1 N–H and O–H groups in total. The van der Waals surface area contributed by atoms with Gasteiger partial charge in [0.05, 0.1) is 6.61 Å². The van der Waals surface area contributed by atoms with Crippen LogP contribution in [0.25, 0.3) is 0 Å². The molecule has 0 aromatic carbocycles. The van der Waals surface area contributed by atoms with Gasteiger partial charge in [-0.25, -0.2) is 0 Å². The molecular weight excluding hydrogens is 182 g/mol. The molecule has 0 atom stereocenters. The van der Waals surface area contributed by atoms with Crippen LogP contribution in [0.4, 0.5) is 0 Å². The van der Waals surface area contributed by atoms with Gasteiger partial charge in [0, 0.05) is 17.8 Å². The van der Waals surface area contributed by atoms with Gasteiger partial charge >= 0.3 is 0 Å². The molecule has 1 saturated carbocycles. The van der Waals surface area contributed by atoms with E-state index in [1.54, 1.807) is 0 Å². The second-order valence-corrected chi connectivity index (χ2v) is 5.20. The van der Waals surface area contributed by atoms with E-state index in [0.29, 0.717) is 0 Å². The second kappa shape index (κ2) is 5.23. The SMILES string of the molecule is CN(CCO)CC1(S)CCCCC1. The lowest BCUT2D eigenvalue weighted by Crippen LogP contribution is -2.39. The topological polar surface area (TPSA) is 23.5 Å². The third-order valence-electron chi connectivity index (χ3n) is 2.83. The zero-order chi connectivity index (χ0) is 9.73. The van der Waals surface area contributed by atoms with Crippen LogP contribution in [0.2, 0.25) is 0 Å². The standard InChI is InChI=1S/C10H21NOS/c1-11(7-8-12)9-10(13)5-3-2-4-6-10/h12-13H,2-9H2,1H3. The van der Waals surface area contributed by atoms with Crippen molar-refractivity contribution in [1.29, 1.82) is 0 Å². The van der Waals surface area contributed by atoms with Crippen LogP contribution in [0.5, 0.6) is 0 Å². The lowest BCUT2D eigenvalue weighted by Gasteiger charge is -2.35. The van der Waals surface area contributed by atoms with E-state index in [-0.39, 0.29) is 11.4 Å². The normalized spacial score (nSPS) is 22.2. The van der Waals surface area contributed by atoms with Gasteiger partial charge in [-0.05, 0) is 19.9 Å². The number of nitrogens with zero attached hydrogens (tertiary/aromatic N) is 1. The van der Waals surface area contributed by atoms with Gasteiger partial charge in [0.1, 0.15) is 0 Å². The predicted octanol–water partition coefficient (Wildman–Crippen LogP) is 1.54. The lowest BCUT2D eigenvalue weighted by molar-refractivity contribution is 0.198. The van der Waals surface area contributed by atoms with Crippen molar-refractivity contribution in [2.75, 3.05) is 26.7 Å². The first-order valence-electron chi connectivity index (χ1n) is 5.18. The maximum absolute atomic E-state index is 8.78. The van der Waals surface area contributed by atoms with Crippen LogP contribution in [-0.4, -0.2) is 41.5 Å². The van der Waals surface area contributed by atoms with Crippen molar-refractivity contribution in [2.45, 2.75) is 36.9 Å². The molecule has 1 fully saturated rings. The summed E-state index contributed by atoms with van der Waals surface area (Å²) in [4.78, 5) is 2.18. The minimum atomic E-state index is 0.210. The van der Waals surface area contributed by atoms with Crippen LogP contribution in [0, 0.1) is 0 Å². The Bertz CT molecular complexity index is 146. The Balaban J connectivity index is 2.31. The number of likely N-dealkylation sites (N-methyl/N-ethyl adjacent to an activating group) is 1. The first kappa shape index (κ1) is 11.3. The molecular formula is C10H21NOS. The highest BCUT2D eigenvalue weighted by Gasteiger charge is 2.28. The van der Waals surface area contributed by atoms with Crippen LogP contribution in [0.1, 0.15) is 32.1 Å². The maximum Gasteiger partial charge on any atom is 0.0558 e. The molecule has 0 bridgehead atoms. The van der Waals surface area contributed by atoms with E-state index in [2.05, 4.69) is 11.9 Å². The van der Waals surface area contributed by atoms with Gasteiger partial charge in [-0.2, -0.15) is 12.6 Å². The number of hydrogen-bond acceptors (Lipinski definition) is 3. The summed E-state index contributed by atoms with van der Waals surface area (Å²) in [6.45, 7) is 2.03. The summed E-state index contributed by atoms with van der Waals surface area (Å²) in [5, 5.41) is 8.78. The van der Waals surface area contributed by atoms with Crippen molar-refractivity contribution in [2.24, 2.45) is 0 Å².